The molecule has 2 aromatic carbocycles. The predicted octanol–water partition coefficient (Wildman–Crippen LogP) is 3.46. The molecule has 2 aromatic rings. The number of carboxylic acids is 1. The van der Waals surface area contributed by atoms with Crippen molar-refractivity contribution in [3.63, 3.8) is 0 Å². The number of halogens is 2. The highest BCUT2D eigenvalue weighted by Crippen LogP contribution is 2.20. The standard InChI is InChI=1S/C15H10Cl2N2O3/c16-11-5-6-13(17)12(7-11)14(20)19-18-8-9-1-3-10(4-2-9)15(21)22/h1-8H,(H,19,20)(H,21,22)/b18-8-. The molecular formula is C15H10Cl2N2O3. The summed E-state index contributed by atoms with van der Waals surface area (Å²) in [6, 6.07) is 10.6. The second-order valence-electron chi connectivity index (χ2n) is 4.25. The molecule has 0 aliphatic heterocycles. The number of hydrazone groups is 1. The molecule has 0 radical (unpaired) electrons. The SMILES string of the molecule is O=C(O)c1ccc(/C=N\NC(=O)c2cc(Cl)ccc2Cl)cc1. The lowest BCUT2D eigenvalue weighted by atomic mass is 10.1. The van der Waals surface area contributed by atoms with Crippen molar-refractivity contribution in [2.75, 3.05) is 0 Å². The lowest BCUT2D eigenvalue weighted by Crippen LogP contribution is -2.18. The first-order valence-corrected chi connectivity index (χ1v) is 6.85. The summed E-state index contributed by atoms with van der Waals surface area (Å²) in [5.74, 6) is -1.50. The third kappa shape index (κ3) is 4.07. The van der Waals surface area contributed by atoms with Crippen molar-refractivity contribution in [2.45, 2.75) is 0 Å². The molecule has 1 amide bonds. The molecule has 0 aliphatic rings. The van der Waals surface area contributed by atoms with Crippen LogP contribution in [0.5, 0.6) is 0 Å². The van der Waals surface area contributed by atoms with Crippen LogP contribution < -0.4 is 5.43 Å². The van der Waals surface area contributed by atoms with E-state index in [1.807, 2.05) is 0 Å². The molecule has 22 heavy (non-hydrogen) atoms. The number of benzene rings is 2. The minimum atomic E-state index is -1.01. The molecule has 0 saturated heterocycles. The number of amides is 1. The zero-order chi connectivity index (χ0) is 16.1. The summed E-state index contributed by atoms with van der Waals surface area (Å²) in [6.07, 6.45) is 1.39. The van der Waals surface area contributed by atoms with Gasteiger partial charge < -0.3 is 5.11 Å². The van der Waals surface area contributed by atoms with Gasteiger partial charge in [-0.3, -0.25) is 4.79 Å². The van der Waals surface area contributed by atoms with Crippen LogP contribution >= 0.6 is 23.2 Å². The van der Waals surface area contributed by atoms with E-state index in [-0.39, 0.29) is 16.1 Å². The molecular weight excluding hydrogens is 327 g/mol. The van der Waals surface area contributed by atoms with Crippen molar-refractivity contribution in [3.8, 4) is 0 Å². The normalized spacial score (nSPS) is 10.6. The number of aromatic carboxylic acids is 1. The molecule has 0 unspecified atom stereocenters. The number of nitrogens with zero attached hydrogens (tertiary/aromatic N) is 1. The number of carboxylic acid groups (broad SMARTS) is 1. The number of nitrogens with one attached hydrogen (secondary N) is 1. The lowest BCUT2D eigenvalue weighted by Gasteiger charge is -2.03. The largest absolute Gasteiger partial charge is 0.478 e. The van der Waals surface area contributed by atoms with Crippen molar-refractivity contribution in [3.05, 3.63) is 69.2 Å². The zero-order valence-corrected chi connectivity index (χ0v) is 12.6. The molecule has 0 aliphatic carbocycles. The van der Waals surface area contributed by atoms with Crippen LogP contribution in [-0.2, 0) is 0 Å². The summed E-state index contributed by atoms with van der Waals surface area (Å²) >= 11 is 11.7. The van der Waals surface area contributed by atoms with E-state index in [0.717, 1.165) is 0 Å². The molecule has 7 heteroatoms. The quantitative estimate of drug-likeness (QED) is 0.662. The molecule has 0 spiro atoms. The van der Waals surface area contributed by atoms with E-state index in [2.05, 4.69) is 10.5 Å². The fourth-order valence-corrected chi connectivity index (χ4v) is 1.98. The Labute approximate surface area is 136 Å². The summed E-state index contributed by atoms with van der Waals surface area (Å²) in [4.78, 5) is 22.6. The van der Waals surface area contributed by atoms with Gasteiger partial charge in [-0.15, -0.1) is 0 Å². The van der Waals surface area contributed by atoms with Gasteiger partial charge in [0.1, 0.15) is 0 Å². The maximum absolute atomic E-state index is 11.9. The Morgan fingerprint density at radius 3 is 2.41 bits per heavy atom. The van der Waals surface area contributed by atoms with Crippen molar-refractivity contribution in [1.82, 2.24) is 5.43 Å². The van der Waals surface area contributed by atoms with Gasteiger partial charge >= 0.3 is 5.97 Å². The monoisotopic (exact) mass is 336 g/mol. The summed E-state index contributed by atoms with van der Waals surface area (Å²) in [5.41, 5.74) is 3.35. The van der Waals surface area contributed by atoms with Gasteiger partial charge in [0, 0.05) is 5.02 Å². The van der Waals surface area contributed by atoms with Crippen LogP contribution in [0.2, 0.25) is 10.0 Å². The zero-order valence-electron chi connectivity index (χ0n) is 11.1. The summed E-state index contributed by atoms with van der Waals surface area (Å²) < 4.78 is 0. The van der Waals surface area contributed by atoms with E-state index in [1.54, 1.807) is 18.2 Å². The average molecular weight is 337 g/mol. The molecule has 0 heterocycles. The predicted molar refractivity (Wildman–Crippen MR) is 84.9 cm³/mol. The van der Waals surface area contributed by atoms with Gasteiger partial charge in [0.15, 0.2) is 0 Å². The topological polar surface area (TPSA) is 78.8 Å². The van der Waals surface area contributed by atoms with Crippen LogP contribution in [0, 0.1) is 0 Å². The van der Waals surface area contributed by atoms with Crippen LogP contribution in [0.1, 0.15) is 26.3 Å². The fraction of sp³-hybridized carbons (Fsp3) is 0. The second kappa shape index (κ2) is 7.06. The minimum Gasteiger partial charge on any atom is -0.478 e. The summed E-state index contributed by atoms with van der Waals surface area (Å²) in [6.45, 7) is 0. The lowest BCUT2D eigenvalue weighted by molar-refractivity contribution is 0.0696. The van der Waals surface area contributed by atoms with E-state index < -0.39 is 11.9 Å². The summed E-state index contributed by atoms with van der Waals surface area (Å²) in [5, 5.41) is 13.2. The van der Waals surface area contributed by atoms with Crippen LogP contribution in [0.15, 0.2) is 47.6 Å². The Balaban J connectivity index is 2.04. The number of rotatable bonds is 4. The Hall–Kier alpha value is -2.37. The van der Waals surface area contributed by atoms with E-state index in [9.17, 15) is 9.59 Å². The molecule has 2 N–H and O–H groups in total. The Kier molecular flexibility index (Phi) is 5.14. The van der Waals surface area contributed by atoms with E-state index >= 15 is 0 Å². The number of carbonyl (C=O) groups excluding carboxylic acids is 1. The Morgan fingerprint density at radius 1 is 1.09 bits per heavy atom. The van der Waals surface area contributed by atoms with Crippen LogP contribution in [0.25, 0.3) is 0 Å². The third-order valence-corrected chi connectivity index (χ3v) is 3.28. The van der Waals surface area contributed by atoms with Crippen LogP contribution in [0.4, 0.5) is 0 Å². The smallest absolute Gasteiger partial charge is 0.335 e. The molecule has 0 aromatic heterocycles. The first-order valence-electron chi connectivity index (χ1n) is 6.09. The van der Waals surface area contributed by atoms with Gasteiger partial charge in [-0.05, 0) is 35.9 Å². The number of hydrogen-bond acceptors (Lipinski definition) is 3. The molecule has 0 atom stereocenters. The molecule has 2 rings (SSSR count). The van der Waals surface area contributed by atoms with Crippen molar-refractivity contribution < 1.29 is 14.7 Å². The minimum absolute atomic E-state index is 0.173. The number of carbonyl (C=O) groups is 2. The Bertz CT molecular complexity index is 743. The van der Waals surface area contributed by atoms with Gasteiger partial charge in [-0.2, -0.15) is 5.10 Å². The molecule has 112 valence electrons. The molecule has 0 saturated carbocycles. The van der Waals surface area contributed by atoms with E-state index in [0.29, 0.717) is 10.6 Å². The second-order valence-corrected chi connectivity index (χ2v) is 5.09. The van der Waals surface area contributed by atoms with Gasteiger partial charge in [-0.25, -0.2) is 10.2 Å². The average Bonchev–Trinajstić information content (AvgIpc) is 2.50. The van der Waals surface area contributed by atoms with Gasteiger partial charge in [0.25, 0.3) is 5.91 Å². The maximum Gasteiger partial charge on any atom is 0.335 e. The highest BCUT2D eigenvalue weighted by Gasteiger charge is 2.09. The molecule has 5 nitrogen and oxygen atoms in total. The van der Waals surface area contributed by atoms with Crippen molar-refractivity contribution >= 4 is 41.3 Å². The number of hydrogen-bond donors (Lipinski definition) is 2. The Morgan fingerprint density at radius 2 is 1.77 bits per heavy atom. The first-order chi connectivity index (χ1) is 10.5. The van der Waals surface area contributed by atoms with Crippen LogP contribution in [-0.4, -0.2) is 23.2 Å². The fourth-order valence-electron chi connectivity index (χ4n) is 1.61. The molecule has 0 fully saturated rings. The molecule has 0 bridgehead atoms. The maximum atomic E-state index is 11.9. The highest BCUT2D eigenvalue weighted by atomic mass is 35.5. The van der Waals surface area contributed by atoms with Gasteiger partial charge in [-0.1, -0.05) is 35.3 Å². The van der Waals surface area contributed by atoms with Gasteiger partial charge in [0.05, 0.1) is 22.4 Å². The highest BCUT2D eigenvalue weighted by molar-refractivity contribution is 6.35. The van der Waals surface area contributed by atoms with Crippen molar-refractivity contribution in [1.29, 1.82) is 0 Å². The van der Waals surface area contributed by atoms with E-state index in [1.165, 1.54) is 30.5 Å². The first kappa shape index (κ1) is 16.0. The van der Waals surface area contributed by atoms with E-state index in [4.69, 9.17) is 28.3 Å². The third-order valence-electron chi connectivity index (χ3n) is 2.71. The van der Waals surface area contributed by atoms with Gasteiger partial charge in [0.2, 0.25) is 0 Å². The van der Waals surface area contributed by atoms with Crippen molar-refractivity contribution in [2.24, 2.45) is 5.10 Å². The summed E-state index contributed by atoms with van der Waals surface area (Å²) in [7, 11) is 0. The van der Waals surface area contributed by atoms with Crippen LogP contribution in [0.3, 0.4) is 0 Å².